The van der Waals surface area contributed by atoms with E-state index in [1.54, 1.807) is 21.8 Å². The number of fused-ring (bicyclic) bond motifs is 2. The van der Waals surface area contributed by atoms with Gasteiger partial charge in [-0.1, -0.05) is 0 Å². The number of Topliss-reactive ketones (excluding diaryl/α,β-unsaturated/α-hetero) is 1. The predicted octanol–water partition coefficient (Wildman–Crippen LogP) is 2.25. The van der Waals surface area contributed by atoms with Gasteiger partial charge in [-0.05, 0) is 26.8 Å². The molecule has 2 aliphatic heterocycles. The first-order chi connectivity index (χ1) is 15.6. The van der Waals surface area contributed by atoms with Gasteiger partial charge in [0.05, 0.1) is 29.3 Å². The minimum Gasteiger partial charge on any atom is -0.483 e. The van der Waals surface area contributed by atoms with E-state index in [2.05, 4.69) is 15.1 Å². The maximum Gasteiger partial charge on any atom is 0.255 e. The lowest BCUT2D eigenvalue weighted by Crippen LogP contribution is -2.52. The van der Waals surface area contributed by atoms with Crippen LogP contribution in [0.15, 0.2) is 24.7 Å². The van der Waals surface area contributed by atoms with Gasteiger partial charge in [-0.25, -0.2) is 4.98 Å². The lowest BCUT2D eigenvalue weighted by Gasteiger charge is -2.43. The number of H-pyrrole nitrogens is 1. The number of ketones is 1. The Hall–Kier alpha value is -3.69. The molecule has 2 amide bonds. The Kier molecular flexibility index (Phi) is 4.59. The molecule has 10 heteroatoms. The van der Waals surface area contributed by atoms with Crippen LogP contribution in [-0.2, 0) is 5.54 Å². The van der Waals surface area contributed by atoms with Crippen LogP contribution in [0, 0.1) is 0 Å². The molecule has 5 heterocycles. The number of aromatic amines is 1. The Morgan fingerprint density at radius 2 is 1.97 bits per heavy atom. The van der Waals surface area contributed by atoms with Crippen LogP contribution in [0.3, 0.4) is 0 Å². The number of pyridine rings is 1. The van der Waals surface area contributed by atoms with E-state index >= 15 is 0 Å². The average molecular weight is 450 g/mol. The Morgan fingerprint density at radius 3 is 2.64 bits per heavy atom. The Balaban J connectivity index is 1.33. The molecular formula is C23H26N6O4. The van der Waals surface area contributed by atoms with Crippen LogP contribution in [0.25, 0.3) is 11.0 Å². The van der Waals surface area contributed by atoms with Crippen molar-refractivity contribution in [2.24, 2.45) is 5.73 Å². The minimum absolute atomic E-state index is 0.0277. The van der Waals surface area contributed by atoms with Crippen molar-refractivity contribution in [1.29, 1.82) is 0 Å². The predicted molar refractivity (Wildman–Crippen MR) is 119 cm³/mol. The van der Waals surface area contributed by atoms with Gasteiger partial charge in [0.1, 0.15) is 11.2 Å². The van der Waals surface area contributed by atoms with Crippen LogP contribution < -0.4 is 10.5 Å². The number of hydrogen-bond acceptors (Lipinski definition) is 6. The Labute approximate surface area is 190 Å². The molecule has 1 saturated heterocycles. The van der Waals surface area contributed by atoms with Gasteiger partial charge in [0.25, 0.3) is 11.8 Å². The molecule has 1 fully saturated rings. The summed E-state index contributed by atoms with van der Waals surface area (Å²) >= 11 is 0. The number of nitrogens with zero attached hydrogens (tertiary/aromatic N) is 4. The number of piperidine rings is 1. The van der Waals surface area contributed by atoms with Crippen molar-refractivity contribution in [2.45, 2.75) is 51.2 Å². The third-order valence-electron chi connectivity index (χ3n) is 6.45. The summed E-state index contributed by atoms with van der Waals surface area (Å²) < 4.78 is 8.08. The second-order valence-corrected chi connectivity index (χ2v) is 9.82. The molecule has 0 aliphatic carbocycles. The molecule has 0 saturated carbocycles. The Bertz CT molecular complexity index is 1290. The highest BCUT2D eigenvalue weighted by molar-refractivity contribution is 6.07. The first kappa shape index (κ1) is 21.2. The van der Waals surface area contributed by atoms with Crippen LogP contribution >= 0.6 is 0 Å². The number of likely N-dealkylation sites (tertiary alicyclic amines) is 1. The van der Waals surface area contributed by atoms with Crippen LogP contribution in [0.2, 0.25) is 0 Å². The number of nitrogens with one attached hydrogen (secondary N) is 1. The standard InChI is InChI=1S/C23H26N6O4/c1-22(2,3)29-12-17-18(27-29)16(30)9-23(33-17)4-6-28(7-5-23)21(32)13-8-14-15(19(24)31)11-26-20(14)25-10-13/h8,10-12H,4-7,9H2,1-3H3,(H2,24,31)(H,25,26). The molecule has 33 heavy (non-hydrogen) atoms. The minimum atomic E-state index is -0.630. The molecule has 1 spiro atoms. The molecule has 0 aromatic carbocycles. The SMILES string of the molecule is CC(C)(C)n1cc2c(n1)C(=O)CC1(CCN(C(=O)c3cnc4[nH]cc(C(N)=O)c4c3)CC1)O2. The largest absolute Gasteiger partial charge is 0.483 e. The van der Waals surface area contributed by atoms with E-state index in [9.17, 15) is 14.4 Å². The summed E-state index contributed by atoms with van der Waals surface area (Å²) in [6, 6.07) is 1.64. The number of aromatic nitrogens is 4. The summed E-state index contributed by atoms with van der Waals surface area (Å²) in [6.07, 6.45) is 6.10. The molecule has 0 atom stereocenters. The van der Waals surface area contributed by atoms with Crippen LogP contribution in [0.5, 0.6) is 5.75 Å². The van der Waals surface area contributed by atoms with Gasteiger partial charge in [0.15, 0.2) is 17.2 Å². The number of hydrogen-bond donors (Lipinski definition) is 2. The number of amides is 2. The number of primary amides is 1. The molecular weight excluding hydrogens is 424 g/mol. The highest BCUT2D eigenvalue weighted by Gasteiger charge is 2.45. The van der Waals surface area contributed by atoms with Gasteiger partial charge in [-0.15, -0.1) is 0 Å². The molecule has 0 unspecified atom stereocenters. The normalized spacial score (nSPS) is 17.8. The zero-order chi connectivity index (χ0) is 23.5. The zero-order valence-corrected chi connectivity index (χ0v) is 18.8. The number of carbonyl (C=O) groups excluding carboxylic acids is 3. The first-order valence-electron chi connectivity index (χ1n) is 10.9. The van der Waals surface area contributed by atoms with Crippen molar-refractivity contribution in [2.75, 3.05) is 13.1 Å². The summed E-state index contributed by atoms with van der Waals surface area (Å²) in [4.78, 5) is 46.5. The first-order valence-corrected chi connectivity index (χ1v) is 10.9. The molecule has 5 rings (SSSR count). The molecule has 3 aromatic rings. The van der Waals surface area contributed by atoms with Crippen molar-refractivity contribution in [3.63, 3.8) is 0 Å². The average Bonchev–Trinajstić information content (AvgIpc) is 3.37. The fourth-order valence-electron chi connectivity index (χ4n) is 4.52. The summed E-state index contributed by atoms with van der Waals surface area (Å²) in [5.74, 6) is -0.276. The van der Waals surface area contributed by atoms with Gasteiger partial charge >= 0.3 is 0 Å². The highest BCUT2D eigenvalue weighted by Crippen LogP contribution is 2.40. The fraction of sp³-hybridized carbons (Fsp3) is 0.435. The summed E-state index contributed by atoms with van der Waals surface area (Å²) in [5, 5.41) is 4.96. The van der Waals surface area contributed by atoms with Crippen LogP contribution in [0.1, 0.15) is 71.2 Å². The highest BCUT2D eigenvalue weighted by atomic mass is 16.5. The summed E-state index contributed by atoms with van der Waals surface area (Å²) in [7, 11) is 0. The zero-order valence-electron chi connectivity index (χ0n) is 18.8. The molecule has 0 bridgehead atoms. The van der Waals surface area contributed by atoms with E-state index in [-0.39, 0.29) is 23.7 Å². The fourth-order valence-corrected chi connectivity index (χ4v) is 4.52. The molecule has 3 aromatic heterocycles. The third-order valence-corrected chi connectivity index (χ3v) is 6.45. The van der Waals surface area contributed by atoms with E-state index in [0.29, 0.717) is 59.5 Å². The smallest absolute Gasteiger partial charge is 0.255 e. The van der Waals surface area contributed by atoms with Crippen molar-refractivity contribution < 1.29 is 19.1 Å². The van der Waals surface area contributed by atoms with Crippen molar-refractivity contribution in [3.05, 3.63) is 41.5 Å². The van der Waals surface area contributed by atoms with Crippen LogP contribution in [0.4, 0.5) is 0 Å². The lowest BCUT2D eigenvalue weighted by molar-refractivity contribution is -0.00587. The summed E-state index contributed by atoms with van der Waals surface area (Å²) in [6.45, 7) is 6.94. The summed E-state index contributed by atoms with van der Waals surface area (Å²) in [5.41, 5.74) is 6.09. The topological polar surface area (TPSA) is 136 Å². The molecule has 2 aliphatic rings. The number of rotatable bonds is 2. The second kappa shape index (κ2) is 7.16. The van der Waals surface area contributed by atoms with E-state index < -0.39 is 11.5 Å². The number of nitrogens with two attached hydrogens (primary N) is 1. The molecule has 3 N–H and O–H groups in total. The van der Waals surface area contributed by atoms with Crippen molar-refractivity contribution in [1.82, 2.24) is 24.6 Å². The molecule has 172 valence electrons. The van der Waals surface area contributed by atoms with E-state index in [4.69, 9.17) is 10.5 Å². The molecule has 0 radical (unpaired) electrons. The van der Waals surface area contributed by atoms with Gasteiger partial charge < -0.3 is 20.4 Å². The number of ether oxygens (including phenoxy) is 1. The quantitative estimate of drug-likeness (QED) is 0.615. The maximum absolute atomic E-state index is 13.1. The van der Waals surface area contributed by atoms with Gasteiger partial charge in [-0.2, -0.15) is 5.10 Å². The lowest BCUT2D eigenvalue weighted by atomic mass is 9.83. The third kappa shape index (κ3) is 3.55. The van der Waals surface area contributed by atoms with E-state index in [1.807, 2.05) is 20.8 Å². The maximum atomic E-state index is 13.1. The second-order valence-electron chi connectivity index (χ2n) is 9.82. The van der Waals surface area contributed by atoms with E-state index in [0.717, 1.165) is 0 Å². The van der Waals surface area contributed by atoms with E-state index in [1.165, 1.54) is 12.4 Å². The van der Waals surface area contributed by atoms with Crippen LogP contribution in [-0.4, -0.2) is 60.9 Å². The van der Waals surface area contributed by atoms with Crippen molar-refractivity contribution >= 4 is 28.6 Å². The van der Waals surface area contributed by atoms with Crippen molar-refractivity contribution in [3.8, 4) is 5.75 Å². The van der Waals surface area contributed by atoms with Gasteiger partial charge in [0.2, 0.25) is 0 Å². The number of carbonyl (C=O) groups is 3. The Morgan fingerprint density at radius 1 is 1.24 bits per heavy atom. The van der Waals surface area contributed by atoms with Gasteiger partial charge in [-0.3, -0.25) is 19.1 Å². The van der Waals surface area contributed by atoms with Gasteiger partial charge in [0, 0.05) is 43.7 Å². The molecule has 10 nitrogen and oxygen atoms in total. The monoisotopic (exact) mass is 450 g/mol.